The fraction of sp³-hybridized carbons (Fsp3) is 0.500. The lowest BCUT2D eigenvalue weighted by molar-refractivity contribution is -0.137. The second-order valence-corrected chi connectivity index (χ2v) is 17.3. The Morgan fingerprint density at radius 3 is 2.19 bits per heavy atom. The third kappa shape index (κ3) is 9.02. The van der Waals surface area contributed by atoms with Gasteiger partial charge < -0.3 is 29.3 Å². The van der Waals surface area contributed by atoms with E-state index in [4.69, 9.17) is 14.2 Å². The minimum absolute atomic E-state index is 0.00733. The minimum atomic E-state index is -1.09. The van der Waals surface area contributed by atoms with Gasteiger partial charge in [0.2, 0.25) is 17.7 Å². The van der Waals surface area contributed by atoms with Gasteiger partial charge in [-0.15, -0.1) is 0 Å². The number of nitrogens with one attached hydrogen (secondary N) is 2. The molecule has 0 spiro atoms. The molecule has 8 rings (SSSR count). The Bertz CT molecular complexity index is 2340. The van der Waals surface area contributed by atoms with E-state index in [2.05, 4.69) is 31.6 Å². The number of nitriles is 1. The van der Waals surface area contributed by atoms with Crippen LogP contribution in [0.1, 0.15) is 119 Å². The van der Waals surface area contributed by atoms with Crippen molar-refractivity contribution in [1.82, 2.24) is 30.4 Å². The van der Waals surface area contributed by atoms with Crippen molar-refractivity contribution < 1.29 is 43.0 Å². The lowest BCUT2D eigenvalue weighted by atomic mass is 9.86. The molecule has 3 aliphatic heterocycles. The van der Waals surface area contributed by atoms with Gasteiger partial charge in [-0.2, -0.15) is 5.26 Å². The summed E-state index contributed by atoms with van der Waals surface area (Å²) in [5.41, 5.74) is 2.88. The number of ether oxygens (including phenoxy) is 3. The molecule has 2 aliphatic carbocycles. The van der Waals surface area contributed by atoms with Crippen molar-refractivity contribution in [3.8, 4) is 23.3 Å². The van der Waals surface area contributed by atoms with Crippen molar-refractivity contribution in [2.75, 3.05) is 31.6 Å². The van der Waals surface area contributed by atoms with Gasteiger partial charge in [0.25, 0.3) is 17.7 Å². The number of amides is 6. The van der Waals surface area contributed by atoms with Crippen molar-refractivity contribution in [3.63, 3.8) is 0 Å². The lowest BCUT2D eigenvalue weighted by Crippen LogP contribution is -2.54. The van der Waals surface area contributed by atoms with E-state index in [1.807, 2.05) is 30.9 Å². The maximum absolute atomic E-state index is 13.5. The number of carbonyl (C=O) groups excluding carboxylic acids is 6. The van der Waals surface area contributed by atoms with Crippen LogP contribution in [0.3, 0.4) is 0 Å². The average Bonchev–Trinajstić information content (AvgIpc) is 3.50. The first-order valence-electron chi connectivity index (χ1n) is 21.7. The van der Waals surface area contributed by atoms with Gasteiger partial charge in [0, 0.05) is 64.0 Å². The number of hydrogen-bond donors (Lipinski definition) is 2. The molecule has 2 aromatic carbocycles. The van der Waals surface area contributed by atoms with Crippen molar-refractivity contribution in [2.24, 2.45) is 5.92 Å². The molecule has 0 bridgehead atoms. The number of methoxy groups -OCH3 is 1. The van der Waals surface area contributed by atoms with Crippen LogP contribution in [0.5, 0.6) is 17.2 Å². The fourth-order valence-electron chi connectivity index (χ4n) is 9.55. The molecule has 4 heterocycles. The molecule has 3 aromatic rings. The highest BCUT2D eigenvalue weighted by Crippen LogP contribution is 2.39. The molecule has 17 nitrogen and oxygen atoms in total. The largest absolute Gasteiger partial charge is 0.496 e. The molecule has 330 valence electrons. The number of piperidine rings is 2. The van der Waals surface area contributed by atoms with Gasteiger partial charge in [-0.25, -0.2) is 9.97 Å². The number of aryl methyl sites for hydroxylation is 2. The third-order valence-electron chi connectivity index (χ3n) is 13.1. The van der Waals surface area contributed by atoms with Crippen LogP contribution in [-0.2, 0) is 14.4 Å². The zero-order valence-electron chi connectivity index (χ0n) is 36.0. The van der Waals surface area contributed by atoms with Gasteiger partial charge in [0.15, 0.2) is 0 Å². The third-order valence-corrected chi connectivity index (χ3v) is 13.1. The first-order valence-corrected chi connectivity index (χ1v) is 21.7. The molecular weight excluding hydrogens is 809 g/mol. The highest BCUT2D eigenvalue weighted by molar-refractivity contribution is 6.24. The lowest BCUT2D eigenvalue weighted by Gasteiger charge is -2.44. The van der Waals surface area contributed by atoms with Crippen LogP contribution >= 0.6 is 0 Å². The Hall–Kier alpha value is -6.57. The summed E-state index contributed by atoms with van der Waals surface area (Å²) in [4.78, 5) is 91.0. The molecule has 2 saturated carbocycles. The summed E-state index contributed by atoms with van der Waals surface area (Å²) in [5.74, 6) is -0.443. The zero-order valence-corrected chi connectivity index (χ0v) is 36.0. The molecule has 1 unspecified atom stereocenters. The smallest absolute Gasteiger partial charge is 0.271 e. The fourth-order valence-corrected chi connectivity index (χ4v) is 9.55. The SMILES string of the molecule is COc1cc(OC2CC(N(CC3CCN(c4cnc(C(=O)NC5CCC(Oc6cc(C)c(C#N)c(C)c6)CC5)cn4)CC3)C(C)=O)C2)cc2c1C(=O)N(C1CCC(=O)NC1=O)C2=O. The van der Waals surface area contributed by atoms with Gasteiger partial charge in [0.1, 0.15) is 40.9 Å². The summed E-state index contributed by atoms with van der Waals surface area (Å²) in [7, 11) is 1.39. The number of anilines is 1. The summed E-state index contributed by atoms with van der Waals surface area (Å²) in [5, 5.41) is 14.7. The minimum Gasteiger partial charge on any atom is -0.496 e. The number of aromatic nitrogens is 2. The molecule has 2 N–H and O–H groups in total. The van der Waals surface area contributed by atoms with Crippen molar-refractivity contribution in [1.29, 1.82) is 5.26 Å². The first kappa shape index (κ1) is 43.1. The number of fused-ring (bicyclic) bond motifs is 1. The van der Waals surface area contributed by atoms with Crippen molar-refractivity contribution in [3.05, 3.63) is 70.2 Å². The van der Waals surface area contributed by atoms with Crippen LogP contribution in [-0.4, -0.2) is 112 Å². The molecule has 63 heavy (non-hydrogen) atoms. The molecule has 1 aromatic heterocycles. The summed E-state index contributed by atoms with van der Waals surface area (Å²) in [6.45, 7) is 7.51. The predicted molar refractivity (Wildman–Crippen MR) is 226 cm³/mol. The van der Waals surface area contributed by atoms with Gasteiger partial charge in [-0.3, -0.25) is 39.0 Å². The molecule has 4 fully saturated rings. The second-order valence-electron chi connectivity index (χ2n) is 17.3. The Labute approximate surface area is 365 Å². The van der Waals surface area contributed by atoms with Crippen molar-refractivity contribution in [2.45, 2.75) is 115 Å². The van der Waals surface area contributed by atoms with Crippen LogP contribution in [0.2, 0.25) is 0 Å². The molecule has 1 atom stereocenters. The van der Waals surface area contributed by atoms with Crippen molar-refractivity contribution >= 4 is 41.3 Å². The van der Waals surface area contributed by atoms with E-state index >= 15 is 0 Å². The summed E-state index contributed by atoms with van der Waals surface area (Å²) in [6.07, 6.45) is 9.15. The highest BCUT2D eigenvalue weighted by atomic mass is 16.5. The number of nitrogens with zero attached hydrogens (tertiary/aromatic N) is 6. The number of rotatable bonds is 12. The van der Waals surface area contributed by atoms with Crippen LogP contribution < -0.4 is 29.7 Å². The van der Waals surface area contributed by atoms with Gasteiger partial charge in [0.05, 0.1) is 48.4 Å². The van der Waals surface area contributed by atoms with E-state index in [1.54, 1.807) is 19.2 Å². The number of benzene rings is 2. The summed E-state index contributed by atoms with van der Waals surface area (Å²) in [6, 6.07) is 8.03. The Morgan fingerprint density at radius 1 is 0.889 bits per heavy atom. The Kier molecular flexibility index (Phi) is 12.3. The van der Waals surface area contributed by atoms with E-state index in [0.717, 1.165) is 73.4 Å². The summed E-state index contributed by atoms with van der Waals surface area (Å²) >= 11 is 0. The first-order chi connectivity index (χ1) is 30.3. The van der Waals surface area contributed by atoms with Crippen LogP contribution in [0.4, 0.5) is 5.82 Å². The van der Waals surface area contributed by atoms with Gasteiger partial charge >= 0.3 is 0 Å². The van der Waals surface area contributed by atoms with E-state index in [0.29, 0.717) is 36.5 Å². The Balaban J connectivity index is 0.779. The second kappa shape index (κ2) is 18.0. The summed E-state index contributed by atoms with van der Waals surface area (Å²) < 4.78 is 18.0. The van der Waals surface area contributed by atoms with Crippen LogP contribution in [0.25, 0.3) is 0 Å². The van der Waals surface area contributed by atoms with Crippen LogP contribution in [0.15, 0.2) is 36.7 Å². The van der Waals surface area contributed by atoms with E-state index < -0.39 is 29.7 Å². The van der Waals surface area contributed by atoms with E-state index in [-0.39, 0.29) is 77.4 Å². The molecule has 2 saturated heterocycles. The molecule has 6 amide bonds. The Morgan fingerprint density at radius 2 is 1.57 bits per heavy atom. The van der Waals surface area contributed by atoms with Gasteiger partial charge in [-0.05, 0) is 94.0 Å². The standard InChI is InChI=1S/C46H52N8O9/c1-25-15-32(16-26(2)36(25)21-47)62-31-7-5-29(6-8-31)50-43(57)37-22-49-40(23-48-37)52-13-11-28(12-14-52)24-53(27(3)55)30-17-33(18-30)63-34-19-35-42(39(20-34)61-4)46(60)54(45(35)59)38-9-10-41(56)51-44(38)58/h15-16,19-20,22-23,28-31,33,38H,5-14,17-18,24H2,1-4H3,(H,50,57)(H,51,56,58). The molecule has 17 heteroatoms. The molecule has 0 radical (unpaired) electrons. The maximum Gasteiger partial charge on any atom is 0.271 e. The van der Waals surface area contributed by atoms with E-state index in [1.165, 1.54) is 19.4 Å². The zero-order chi connectivity index (χ0) is 44.5. The molecule has 5 aliphatic rings. The van der Waals surface area contributed by atoms with Crippen LogP contribution in [0, 0.1) is 31.1 Å². The number of imide groups is 2. The normalized spacial score (nSPS) is 23.6. The topological polar surface area (TPSA) is 213 Å². The monoisotopic (exact) mass is 860 g/mol. The quantitative estimate of drug-likeness (QED) is 0.245. The average molecular weight is 861 g/mol. The molecular formula is C46H52N8O9. The van der Waals surface area contributed by atoms with E-state index in [9.17, 15) is 34.0 Å². The number of hydrogen-bond acceptors (Lipinski definition) is 13. The van der Waals surface area contributed by atoms with Gasteiger partial charge in [-0.1, -0.05) is 0 Å². The number of carbonyl (C=O) groups is 6. The predicted octanol–water partition coefficient (Wildman–Crippen LogP) is 4.17. The maximum atomic E-state index is 13.5. The highest BCUT2D eigenvalue weighted by Gasteiger charge is 2.47.